The van der Waals surface area contributed by atoms with E-state index in [0.29, 0.717) is 36.3 Å². The Labute approximate surface area is 201 Å². The van der Waals surface area contributed by atoms with Crippen LogP contribution in [0, 0.1) is 0 Å². The largest absolute Gasteiger partial charge is 0.469 e. The van der Waals surface area contributed by atoms with Crippen molar-refractivity contribution in [1.82, 2.24) is 5.32 Å². The van der Waals surface area contributed by atoms with E-state index in [1.54, 1.807) is 6.26 Å². The molecule has 5 rings (SSSR count). The van der Waals surface area contributed by atoms with Gasteiger partial charge in [-0.2, -0.15) is 0 Å². The number of rotatable bonds is 5. The third-order valence-electron chi connectivity index (χ3n) is 6.60. The number of carbonyl (C=O) groups is 2. The molecule has 0 spiro atoms. The zero-order valence-corrected chi connectivity index (χ0v) is 20.0. The number of dihydropyridines is 1. The number of allylic oxidation sites excluding steroid dienone is 3. The van der Waals surface area contributed by atoms with E-state index < -0.39 is 11.9 Å². The summed E-state index contributed by atoms with van der Waals surface area (Å²) >= 11 is 3.54. The van der Waals surface area contributed by atoms with Gasteiger partial charge in [-0.05, 0) is 56.0 Å². The van der Waals surface area contributed by atoms with Crippen LogP contribution in [0.1, 0.15) is 55.8 Å². The topological polar surface area (TPSA) is 77.8 Å². The first kappa shape index (κ1) is 22.2. The van der Waals surface area contributed by atoms with Crippen LogP contribution >= 0.6 is 15.9 Å². The number of esters is 1. The maximum atomic E-state index is 13.5. The second-order valence-electron chi connectivity index (χ2n) is 8.82. The summed E-state index contributed by atoms with van der Waals surface area (Å²) in [5.41, 5.74) is 3.57. The molecule has 0 radical (unpaired) electrons. The van der Waals surface area contributed by atoms with Gasteiger partial charge in [-0.1, -0.05) is 28.1 Å². The Balaban J connectivity index is 1.50. The SMILES string of the molecule is CC1=C(C(=O)OC[C@H]2CCCO2)[C@H](c2cccc(Br)c2)C2=C(C[C@@H](c3ccco3)CC2=O)N1. The average molecular weight is 512 g/mol. The molecule has 2 aromatic rings. The zero-order valence-electron chi connectivity index (χ0n) is 18.4. The molecule has 1 aromatic heterocycles. The number of nitrogens with one attached hydrogen (secondary N) is 1. The van der Waals surface area contributed by atoms with Crippen LogP contribution < -0.4 is 5.32 Å². The summed E-state index contributed by atoms with van der Waals surface area (Å²) in [6, 6.07) is 11.5. The molecular weight excluding hydrogens is 486 g/mol. The fraction of sp³-hybridized carbons (Fsp3) is 0.385. The van der Waals surface area contributed by atoms with Crippen molar-refractivity contribution in [2.75, 3.05) is 13.2 Å². The number of benzene rings is 1. The zero-order chi connectivity index (χ0) is 22.9. The van der Waals surface area contributed by atoms with Gasteiger partial charge in [0.05, 0.1) is 17.9 Å². The van der Waals surface area contributed by atoms with Gasteiger partial charge in [-0.3, -0.25) is 4.79 Å². The first-order valence-corrected chi connectivity index (χ1v) is 12.1. The average Bonchev–Trinajstić information content (AvgIpc) is 3.50. The van der Waals surface area contributed by atoms with Gasteiger partial charge in [-0.15, -0.1) is 0 Å². The lowest BCUT2D eigenvalue weighted by Gasteiger charge is -2.36. The van der Waals surface area contributed by atoms with Crippen molar-refractivity contribution in [2.45, 2.75) is 50.5 Å². The Kier molecular flexibility index (Phi) is 6.25. The van der Waals surface area contributed by atoms with Gasteiger partial charge in [0.2, 0.25) is 0 Å². The predicted octanol–water partition coefficient (Wildman–Crippen LogP) is 5.13. The molecule has 1 fully saturated rings. The minimum atomic E-state index is -0.485. The van der Waals surface area contributed by atoms with Crippen LogP contribution in [0.3, 0.4) is 0 Å². The van der Waals surface area contributed by atoms with Gasteiger partial charge in [0, 0.05) is 46.3 Å². The Morgan fingerprint density at radius 2 is 2.12 bits per heavy atom. The third kappa shape index (κ3) is 4.44. The molecule has 1 N–H and O–H groups in total. The van der Waals surface area contributed by atoms with Crippen LogP contribution in [-0.2, 0) is 19.1 Å². The van der Waals surface area contributed by atoms with Crippen molar-refractivity contribution in [3.63, 3.8) is 0 Å². The first-order valence-electron chi connectivity index (χ1n) is 11.3. The highest BCUT2D eigenvalue weighted by Gasteiger charge is 2.42. The molecule has 0 bridgehead atoms. The molecule has 33 heavy (non-hydrogen) atoms. The van der Waals surface area contributed by atoms with Crippen molar-refractivity contribution >= 4 is 27.7 Å². The van der Waals surface area contributed by atoms with Crippen molar-refractivity contribution in [3.8, 4) is 0 Å². The fourth-order valence-electron chi connectivity index (χ4n) is 5.08. The van der Waals surface area contributed by atoms with Gasteiger partial charge >= 0.3 is 5.97 Å². The Hall–Kier alpha value is -2.64. The van der Waals surface area contributed by atoms with Crippen LogP contribution in [0.4, 0.5) is 0 Å². The first-order chi connectivity index (χ1) is 16.0. The molecule has 3 aliphatic rings. The normalized spacial score (nSPS) is 25.2. The molecule has 0 amide bonds. The molecule has 0 saturated carbocycles. The summed E-state index contributed by atoms with van der Waals surface area (Å²) in [5.74, 6) is -0.0948. The molecule has 1 aromatic carbocycles. The van der Waals surface area contributed by atoms with Crippen LogP contribution in [0.15, 0.2) is 74.1 Å². The third-order valence-corrected chi connectivity index (χ3v) is 7.09. The molecule has 3 atom stereocenters. The second-order valence-corrected chi connectivity index (χ2v) is 9.74. The van der Waals surface area contributed by atoms with Gasteiger partial charge in [0.1, 0.15) is 12.4 Å². The summed E-state index contributed by atoms with van der Waals surface area (Å²) in [5, 5.41) is 3.37. The van der Waals surface area contributed by atoms with Crippen molar-refractivity contribution in [1.29, 1.82) is 0 Å². The number of carbonyl (C=O) groups excluding carboxylic acids is 2. The predicted molar refractivity (Wildman–Crippen MR) is 125 cm³/mol. The molecule has 1 aliphatic carbocycles. The van der Waals surface area contributed by atoms with E-state index in [9.17, 15) is 9.59 Å². The molecule has 6 nitrogen and oxygen atoms in total. The van der Waals surface area contributed by atoms with Crippen LogP contribution in [0.25, 0.3) is 0 Å². The monoisotopic (exact) mass is 511 g/mol. The van der Waals surface area contributed by atoms with Gasteiger partial charge in [-0.25, -0.2) is 4.79 Å². The number of hydrogen-bond donors (Lipinski definition) is 1. The maximum absolute atomic E-state index is 13.5. The second kappa shape index (κ2) is 9.31. The number of halogens is 1. The summed E-state index contributed by atoms with van der Waals surface area (Å²) in [7, 11) is 0. The molecule has 172 valence electrons. The fourth-order valence-corrected chi connectivity index (χ4v) is 5.49. The van der Waals surface area contributed by atoms with Crippen molar-refractivity contribution in [2.24, 2.45) is 0 Å². The maximum Gasteiger partial charge on any atom is 0.336 e. The summed E-state index contributed by atoms with van der Waals surface area (Å²) < 4.78 is 17.8. The van der Waals surface area contributed by atoms with E-state index in [0.717, 1.165) is 34.3 Å². The highest BCUT2D eigenvalue weighted by molar-refractivity contribution is 9.10. The van der Waals surface area contributed by atoms with Gasteiger partial charge in [0.25, 0.3) is 0 Å². The summed E-state index contributed by atoms with van der Waals surface area (Å²) in [6.07, 6.45) is 4.44. The van der Waals surface area contributed by atoms with E-state index in [1.807, 2.05) is 43.3 Å². The van der Waals surface area contributed by atoms with E-state index in [4.69, 9.17) is 13.9 Å². The molecule has 2 aliphatic heterocycles. The summed E-state index contributed by atoms with van der Waals surface area (Å²) in [4.78, 5) is 26.8. The number of hydrogen-bond acceptors (Lipinski definition) is 6. The Morgan fingerprint density at radius 3 is 2.85 bits per heavy atom. The number of ether oxygens (including phenoxy) is 2. The van der Waals surface area contributed by atoms with Crippen molar-refractivity contribution < 1.29 is 23.5 Å². The van der Waals surface area contributed by atoms with E-state index >= 15 is 0 Å². The quantitative estimate of drug-likeness (QED) is 0.560. The highest BCUT2D eigenvalue weighted by Crippen LogP contribution is 2.46. The van der Waals surface area contributed by atoms with Crippen LogP contribution in [0.2, 0.25) is 0 Å². The van der Waals surface area contributed by atoms with Crippen molar-refractivity contribution in [3.05, 3.63) is 81.0 Å². The molecule has 7 heteroatoms. The van der Waals surface area contributed by atoms with Gasteiger partial charge < -0.3 is 19.2 Å². The van der Waals surface area contributed by atoms with Crippen LogP contribution in [0.5, 0.6) is 0 Å². The highest BCUT2D eigenvalue weighted by atomic mass is 79.9. The van der Waals surface area contributed by atoms with E-state index in [-0.39, 0.29) is 24.4 Å². The van der Waals surface area contributed by atoms with Gasteiger partial charge in [0.15, 0.2) is 5.78 Å². The minimum absolute atomic E-state index is 0.0204. The van der Waals surface area contributed by atoms with E-state index in [2.05, 4.69) is 21.2 Å². The molecule has 0 unspecified atom stereocenters. The lowest BCUT2D eigenvalue weighted by atomic mass is 9.72. The lowest BCUT2D eigenvalue weighted by Crippen LogP contribution is -2.36. The van der Waals surface area contributed by atoms with Crippen LogP contribution in [-0.4, -0.2) is 31.1 Å². The molecule has 3 heterocycles. The number of ketones is 1. The Bertz CT molecular complexity index is 1130. The smallest absolute Gasteiger partial charge is 0.336 e. The number of Topliss-reactive ketones (excluding diaryl/α,β-unsaturated/α-hetero) is 1. The molecule has 1 saturated heterocycles. The number of furan rings is 1. The standard InChI is InChI=1S/C26H26BrNO5/c1-15-23(26(30)33-14-19-7-3-9-31-19)24(16-5-2-6-18(27)11-16)25-20(28-15)12-17(13-21(25)29)22-8-4-10-32-22/h2,4-6,8,10-11,17,19,24,28H,3,7,9,12-14H2,1H3/t17-,19-,24+/m1/s1. The minimum Gasteiger partial charge on any atom is -0.469 e. The van der Waals surface area contributed by atoms with E-state index in [1.165, 1.54) is 0 Å². The summed E-state index contributed by atoms with van der Waals surface area (Å²) in [6.45, 7) is 2.80. The Morgan fingerprint density at radius 1 is 1.24 bits per heavy atom. The lowest BCUT2D eigenvalue weighted by molar-refractivity contribution is -0.142. The molecular formula is C26H26BrNO5.